The first kappa shape index (κ1) is 21.2. The largest absolute Gasteiger partial charge is 0.492 e. The molecule has 27 heavy (non-hydrogen) atoms. The lowest BCUT2D eigenvalue weighted by Crippen LogP contribution is -2.19. The topological polar surface area (TPSA) is 42.0 Å². The van der Waals surface area contributed by atoms with Gasteiger partial charge in [0, 0.05) is 24.2 Å². The van der Waals surface area contributed by atoms with Crippen molar-refractivity contribution >= 4 is 16.8 Å². The molecule has 2 aromatic carbocycles. The smallest absolute Gasteiger partial charge is 0.253 e. The van der Waals surface area contributed by atoms with E-state index in [0.29, 0.717) is 30.1 Å². The molecule has 0 spiro atoms. The summed E-state index contributed by atoms with van der Waals surface area (Å²) in [6.07, 6.45) is 0. The highest BCUT2D eigenvalue weighted by Crippen LogP contribution is 2.36. The van der Waals surface area contributed by atoms with Crippen molar-refractivity contribution in [3.63, 3.8) is 0 Å². The highest BCUT2D eigenvalue weighted by atomic mass is 35.5. The Kier molecular flexibility index (Phi) is 8.10. The quantitative estimate of drug-likeness (QED) is 0.580. The van der Waals surface area contributed by atoms with E-state index in [2.05, 4.69) is 4.90 Å². The van der Waals surface area contributed by atoms with Gasteiger partial charge in [0.15, 0.2) is 0 Å². The molecule has 146 valence electrons. The van der Waals surface area contributed by atoms with E-state index in [-0.39, 0.29) is 0 Å². The average Bonchev–Trinajstić information content (AvgIpc) is 2.61. The second-order valence-corrected chi connectivity index (χ2v) is 7.13. The number of hydrogen-bond acceptors (Lipinski definition) is 5. The molecule has 0 unspecified atom stereocenters. The third kappa shape index (κ3) is 6.54. The van der Waals surface area contributed by atoms with Gasteiger partial charge < -0.3 is 19.3 Å². The molecule has 2 rings (SSSR count). The van der Waals surface area contributed by atoms with Gasteiger partial charge in [0.2, 0.25) is 0 Å². The lowest BCUT2D eigenvalue weighted by Gasteiger charge is -2.17. The SMILES string of the molecule is CN(C)CCOc1cccc(-c2c(OCCN(C)C)cccc2C(=O)Cl)c1. The Morgan fingerprint density at radius 2 is 1.56 bits per heavy atom. The fourth-order valence-electron chi connectivity index (χ4n) is 2.54. The molecular formula is C21H27ClN2O3. The van der Waals surface area contributed by atoms with E-state index in [4.69, 9.17) is 21.1 Å². The number of benzene rings is 2. The molecular weight excluding hydrogens is 364 g/mol. The second kappa shape index (κ2) is 10.3. The van der Waals surface area contributed by atoms with E-state index in [9.17, 15) is 4.79 Å². The monoisotopic (exact) mass is 390 g/mol. The van der Waals surface area contributed by atoms with Crippen LogP contribution in [0.3, 0.4) is 0 Å². The zero-order valence-electron chi connectivity index (χ0n) is 16.4. The average molecular weight is 391 g/mol. The van der Waals surface area contributed by atoms with Crippen LogP contribution in [0.25, 0.3) is 11.1 Å². The lowest BCUT2D eigenvalue weighted by atomic mass is 9.99. The minimum Gasteiger partial charge on any atom is -0.492 e. The number of carbonyl (C=O) groups excluding carboxylic acids is 1. The first-order chi connectivity index (χ1) is 12.9. The molecule has 0 aliphatic rings. The number of halogens is 1. The molecule has 2 aromatic rings. The number of nitrogens with zero attached hydrogens (tertiary/aromatic N) is 2. The van der Waals surface area contributed by atoms with Crippen LogP contribution in [0.5, 0.6) is 11.5 Å². The Morgan fingerprint density at radius 3 is 2.19 bits per heavy atom. The maximum atomic E-state index is 12.0. The van der Waals surface area contributed by atoms with E-state index in [1.807, 2.05) is 63.4 Å². The summed E-state index contributed by atoms with van der Waals surface area (Å²) in [4.78, 5) is 16.1. The summed E-state index contributed by atoms with van der Waals surface area (Å²) in [7, 11) is 7.97. The van der Waals surface area contributed by atoms with Crippen LogP contribution in [0.15, 0.2) is 42.5 Å². The van der Waals surface area contributed by atoms with Crippen molar-refractivity contribution < 1.29 is 14.3 Å². The minimum atomic E-state index is -0.512. The van der Waals surface area contributed by atoms with Gasteiger partial charge >= 0.3 is 0 Å². The van der Waals surface area contributed by atoms with Gasteiger partial charge in [-0.05, 0) is 69.6 Å². The van der Waals surface area contributed by atoms with Gasteiger partial charge in [0.25, 0.3) is 5.24 Å². The van der Waals surface area contributed by atoms with Crippen LogP contribution >= 0.6 is 11.6 Å². The van der Waals surface area contributed by atoms with E-state index >= 15 is 0 Å². The summed E-state index contributed by atoms with van der Waals surface area (Å²) in [5, 5.41) is -0.512. The molecule has 0 amide bonds. The minimum absolute atomic E-state index is 0.421. The van der Waals surface area contributed by atoms with Gasteiger partial charge in [-0.15, -0.1) is 0 Å². The number of ether oxygens (including phenoxy) is 2. The van der Waals surface area contributed by atoms with Gasteiger partial charge in [-0.2, -0.15) is 0 Å². The molecule has 0 aromatic heterocycles. The third-order valence-corrected chi connectivity index (χ3v) is 4.17. The summed E-state index contributed by atoms with van der Waals surface area (Å²) in [6, 6.07) is 13.0. The van der Waals surface area contributed by atoms with Crippen molar-refractivity contribution in [1.29, 1.82) is 0 Å². The number of likely N-dealkylation sites (N-methyl/N-ethyl adjacent to an activating group) is 2. The lowest BCUT2D eigenvalue weighted by molar-refractivity contribution is 0.108. The van der Waals surface area contributed by atoms with E-state index in [1.54, 1.807) is 12.1 Å². The summed E-state index contributed by atoms with van der Waals surface area (Å²) in [5.74, 6) is 1.37. The molecule has 0 heterocycles. The molecule has 5 nitrogen and oxygen atoms in total. The van der Waals surface area contributed by atoms with E-state index in [1.165, 1.54) is 0 Å². The molecule has 0 aliphatic carbocycles. The normalized spacial score (nSPS) is 11.1. The predicted octanol–water partition coefficient (Wildman–Crippen LogP) is 3.61. The summed E-state index contributed by atoms with van der Waals surface area (Å²) >= 11 is 5.83. The van der Waals surface area contributed by atoms with Crippen LogP contribution in [0.1, 0.15) is 10.4 Å². The molecule has 0 saturated carbocycles. The van der Waals surface area contributed by atoms with Crippen molar-refractivity contribution in [1.82, 2.24) is 9.80 Å². The molecule has 0 fully saturated rings. The zero-order chi connectivity index (χ0) is 19.8. The van der Waals surface area contributed by atoms with Gasteiger partial charge in [0.05, 0.1) is 0 Å². The molecule has 0 radical (unpaired) electrons. The molecule has 0 saturated heterocycles. The van der Waals surface area contributed by atoms with Crippen LogP contribution in [-0.2, 0) is 0 Å². The Hall–Kier alpha value is -2.08. The Labute approximate surface area is 166 Å². The highest BCUT2D eigenvalue weighted by Gasteiger charge is 2.17. The highest BCUT2D eigenvalue weighted by molar-refractivity contribution is 6.68. The van der Waals surface area contributed by atoms with Gasteiger partial charge in [-0.3, -0.25) is 4.79 Å². The predicted molar refractivity (Wildman–Crippen MR) is 110 cm³/mol. The van der Waals surface area contributed by atoms with Gasteiger partial charge in [-0.1, -0.05) is 18.2 Å². The second-order valence-electron chi connectivity index (χ2n) is 6.78. The van der Waals surface area contributed by atoms with Gasteiger partial charge in [-0.25, -0.2) is 0 Å². The zero-order valence-corrected chi connectivity index (χ0v) is 17.1. The van der Waals surface area contributed by atoms with Crippen molar-refractivity contribution in [3.05, 3.63) is 48.0 Å². The first-order valence-electron chi connectivity index (χ1n) is 8.87. The van der Waals surface area contributed by atoms with Crippen molar-refractivity contribution in [3.8, 4) is 22.6 Å². The van der Waals surface area contributed by atoms with Crippen molar-refractivity contribution in [2.45, 2.75) is 0 Å². The van der Waals surface area contributed by atoms with Crippen LogP contribution < -0.4 is 9.47 Å². The van der Waals surface area contributed by atoms with Crippen LogP contribution in [0, 0.1) is 0 Å². The summed E-state index contributed by atoms with van der Waals surface area (Å²) in [5.41, 5.74) is 1.94. The van der Waals surface area contributed by atoms with Crippen LogP contribution in [-0.4, -0.2) is 69.5 Å². The molecule has 0 N–H and O–H groups in total. The number of hydrogen-bond donors (Lipinski definition) is 0. The van der Waals surface area contributed by atoms with E-state index in [0.717, 1.165) is 24.4 Å². The molecule has 0 bridgehead atoms. The maximum absolute atomic E-state index is 12.0. The summed E-state index contributed by atoms with van der Waals surface area (Å²) in [6.45, 7) is 2.68. The Bertz CT molecular complexity index is 763. The summed E-state index contributed by atoms with van der Waals surface area (Å²) < 4.78 is 11.8. The Balaban J connectivity index is 2.33. The standard InChI is InChI=1S/C21H27ClN2O3/c1-23(2)11-13-26-17-8-5-7-16(15-17)20-18(21(22)25)9-6-10-19(20)27-14-12-24(3)4/h5-10,15H,11-14H2,1-4H3. The fraction of sp³-hybridized carbons (Fsp3) is 0.381. The maximum Gasteiger partial charge on any atom is 0.253 e. The van der Waals surface area contributed by atoms with Gasteiger partial charge in [0.1, 0.15) is 24.7 Å². The molecule has 0 aliphatic heterocycles. The first-order valence-corrected chi connectivity index (χ1v) is 9.24. The van der Waals surface area contributed by atoms with Crippen LogP contribution in [0.2, 0.25) is 0 Å². The Morgan fingerprint density at radius 1 is 0.926 bits per heavy atom. The number of carbonyl (C=O) groups is 1. The van der Waals surface area contributed by atoms with E-state index < -0.39 is 5.24 Å². The number of rotatable bonds is 10. The van der Waals surface area contributed by atoms with Crippen molar-refractivity contribution in [2.24, 2.45) is 0 Å². The fourth-order valence-corrected chi connectivity index (χ4v) is 2.70. The van der Waals surface area contributed by atoms with Crippen molar-refractivity contribution in [2.75, 3.05) is 54.5 Å². The third-order valence-electron chi connectivity index (χ3n) is 3.96. The van der Waals surface area contributed by atoms with Crippen LogP contribution in [0.4, 0.5) is 0 Å². The molecule has 6 heteroatoms. The molecule has 0 atom stereocenters.